The van der Waals surface area contributed by atoms with E-state index in [1.54, 1.807) is 4.57 Å². The Morgan fingerprint density at radius 1 is 1.13 bits per heavy atom. The van der Waals surface area contributed by atoms with Gasteiger partial charge in [0.05, 0.1) is 0 Å². The van der Waals surface area contributed by atoms with Crippen molar-refractivity contribution in [3.63, 3.8) is 0 Å². The molecule has 4 nitrogen and oxygen atoms in total. The van der Waals surface area contributed by atoms with Gasteiger partial charge in [0.1, 0.15) is 0 Å². The molecule has 0 atom stereocenters. The van der Waals surface area contributed by atoms with E-state index >= 15 is 0 Å². The first-order valence-corrected chi connectivity index (χ1v) is 6.04. The van der Waals surface area contributed by atoms with Crippen LogP contribution in [0.1, 0.15) is 45.4 Å². The third-order valence-corrected chi connectivity index (χ3v) is 2.82. The summed E-state index contributed by atoms with van der Waals surface area (Å²) in [5, 5.41) is 5.11. The van der Waals surface area contributed by atoms with Crippen LogP contribution in [0.3, 0.4) is 0 Å². The van der Waals surface area contributed by atoms with Gasteiger partial charge in [0.25, 0.3) is 0 Å². The summed E-state index contributed by atoms with van der Waals surface area (Å²) in [7, 11) is 0. The Balaban J connectivity index is 2.21. The van der Waals surface area contributed by atoms with Gasteiger partial charge in [-0.25, -0.2) is 9.89 Å². The minimum atomic E-state index is -0.131. The van der Waals surface area contributed by atoms with Crippen molar-refractivity contribution in [3.05, 3.63) is 15.3 Å². The van der Waals surface area contributed by atoms with Crippen LogP contribution >= 0.6 is 12.2 Å². The normalized spacial score (nSPS) is 10.7. The van der Waals surface area contributed by atoms with Crippen LogP contribution < -0.4 is 5.69 Å². The lowest BCUT2D eigenvalue weighted by molar-refractivity contribution is 0.547. The fourth-order valence-electron chi connectivity index (χ4n) is 1.59. The molecule has 0 saturated heterocycles. The molecule has 0 aliphatic heterocycles. The molecule has 0 radical (unpaired) electrons. The fourth-order valence-corrected chi connectivity index (χ4v) is 1.81. The largest absolute Gasteiger partial charge is 0.342 e. The fraction of sp³-hybridized carbons (Fsp3) is 0.800. The Labute approximate surface area is 94.7 Å². The first-order valence-electron chi connectivity index (χ1n) is 5.63. The standard InChI is InChI=1S/C10H19N3OS/c1-2-3-4-5-6-7-8-13-9(14)11-12-10(13)15/h2-8H2,1H3,(H,11,14)(H,12,15). The molecule has 0 fully saturated rings. The van der Waals surface area contributed by atoms with Crippen molar-refractivity contribution in [1.29, 1.82) is 0 Å². The van der Waals surface area contributed by atoms with E-state index in [1.165, 1.54) is 32.1 Å². The summed E-state index contributed by atoms with van der Waals surface area (Å²) >= 11 is 4.97. The zero-order valence-electron chi connectivity index (χ0n) is 9.21. The number of nitrogens with zero attached hydrogens (tertiary/aromatic N) is 1. The highest BCUT2D eigenvalue weighted by atomic mass is 32.1. The number of nitrogens with one attached hydrogen (secondary N) is 2. The van der Waals surface area contributed by atoms with Gasteiger partial charge in [0, 0.05) is 6.54 Å². The summed E-state index contributed by atoms with van der Waals surface area (Å²) < 4.78 is 2.07. The summed E-state index contributed by atoms with van der Waals surface area (Å²) in [6.45, 7) is 2.93. The molecule has 5 heteroatoms. The summed E-state index contributed by atoms with van der Waals surface area (Å²) in [5.74, 6) is 0. The molecule has 15 heavy (non-hydrogen) atoms. The van der Waals surface area contributed by atoms with Crippen LogP contribution in [0.2, 0.25) is 0 Å². The van der Waals surface area contributed by atoms with E-state index in [9.17, 15) is 4.79 Å². The predicted octanol–water partition coefficient (Wildman–Crippen LogP) is 2.59. The molecule has 1 aromatic rings. The Hall–Kier alpha value is -0.840. The van der Waals surface area contributed by atoms with Crippen molar-refractivity contribution in [2.24, 2.45) is 0 Å². The number of hydrogen-bond donors (Lipinski definition) is 2. The maximum Gasteiger partial charge on any atom is 0.342 e. The quantitative estimate of drug-likeness (QED) is 0.558. The molecule has 86 valence electrons. The van der Waals surface area contributed by atoms with Crippen LogP contribution in [0.4, 0.5) is 0 Å². The van der Waals surface area contributed by atoms with Crippen LogP contribution in [0.25, 0.3) is 0 Å². The van der Waals surface area contributed by atoms with Gasteiger partial charge in [-0.1, -0.05) is 39.0 Å². The van der Waals surface area contributed by atoms with Crippen molar-refractivity contribution in [2.75, 3.05) is 0 Å². The Bertz CT molecular complexity index is 349. The molecule has 0 aliphatic carbocycles. The van der Waals surface area contributed by atoms with E-state index in [1.807, 2.05) is 0 Å². The van der Waals surface area contributed by atoms with Gasteiger partial charge in [-0.2, -0.15) is 0 Å². The van der Waals surface area contributed by atoms with Crippen molar-refractivity contribution < 1.29 is 0 Å². The van der Waals surface area contributed by atoms with Crippen LogP contribution in [-0.4, -0.2) is 14.8 Å². The van der Waals surface area contributed by atoms with Crippen molar-refractivity contribution in [3.8, 4) is 0 Å². The molecule has 0 bridgehead atoms. The maximum absolute atomic E-state index is 11.2. The third kappa shape index (κ3) is 4.03. The summed E-state index contributed by atoms with van der Waals surface area (Å²) in [6, 6.07) is 0. The highest BCUT2D eigenvalue weighted by Crippen LogP contribution is 2.05. The molecular weight excluding hydrogens is 210 g/mol. The van der Waals surface area contributed by atoms with E-state index in [-0.39, 0.29) is 5.69 Å². The number of unbranched alkanes of at least 4 members (excludes halogenated alkanes) is 5. The Morgan fingerprint density at radius 2 is 1.80 bits per heavy atom. The van der Waals surface area contributed by atoms with Crippen LogP contribution in [0, 0.1) is 4.77 Å². The molecule has 2 N–H and O–H groups in total. The molecule has 1 rings (SSSR count). The highest BCUT2D eigenvalue weighted by molar-refractivity contribution is 7.71. The number of hydrogen-bond acceptors (Lipinski definition) is 2. The minimum Gasteiger partial charge on any atom is -0.272 e. The Morgan fingerprint density at radius 3 is 2.40 bits per heavy atom. The highest BCUT2D eigenvalue weighted by Gasteiger charge is 1.98. The average Bonchev–Trinajstić information content (AvgIpc) is 2.54. The molecule has 0 spiro atoms. The van der Waals surface area contributed by atoms with Gasteiger partial charge in [-0.3, -0.25) is 9.67 Å². The van der Waals surface area contributed by atoms with E-state index in [0.717, 1.165) is 13.0 Å². The lowest BCUT2D eigenvalue weighted by Gasteiger charge is -2.00. The average molecular weight is 229 g/mol. The second-order valence-corrected chi connectivity index (χ2v) is 4.17. The van der Waals surface area contributed by atoms with Crippen molar-refractivity contribution in [2.45, 2.75) is 52.0 Å². The molecule has 0 unspecified atom stereocenters. The number of aromatic nitrogens is 3. The van der Waals surface area contributed by atoms with Gasteiger partial charge in [0.15, 0.2) is 4.77 Å². The molecular formula is C10H19N3OS. The van der Waals surface area contributed by atoms with Gasteiger partial charge in [-0.15, -0.1) is 0 Å². The molecule has 1 aromatic heterocycles. The summed E-state index contributed by atoms with van der Waals surface area (Å²) in [5.41, 5.74) is -0.131. The second-order valence-electron chi connectivity index (χ2n) is 3.78. The third-order valence-electron chi connectivity index (χ3n) is 2.50. The lowest BCUT2D eigenvalue weighted by atomic mass is 10.1. The molecule has 0 amide bonds. The van der Waals surface area contributed by atoms with Crippen LogP contribution in [0.5, 0.6) is 0 Å². The zero-order valence-corrected chi connectivity index (χ0v) is 10.0. The maximum atomic E-state index is 11.2. The Kier molecular flexibility index (Phi) is 5.39. The monoisotopic (exact) mass is 229 g/mol. The smallest absolute Gasteiger partial charge is 0.272 e. The first kappa shape index (κ1) is 12.2. The number of H-pyrrole nitrogens is 2. The molecule has 0 aromatic carbocycles. The van der Waals surface area contributed by atoms with E-state index in [2.05, 4.69) is 17.1 Å². The number of rotatable bonds is 7. The van der Waals surface area contributed by atoms with Crippen LogP contribution in [0.15, 0.2) is 4.79 Å². The SMILES string of the molecule is CCCCCCCCn1c(=O)[nH][nH]c1=S. The summed E-state index contributed by atoms with van der Waals surface area (Å²) in [6.07, 6.45) is 7.33. The van der Waals surface area contributed by atoms with E-state index < -0.39 is 0 Å². The van der Waals surface area contributed by atoms with Crippen molar-refractivity contribution in [1.82, 2.24) is 14.8 Å². The van der Waals surface area contributed by atoms with E-state index in [0.29, 0.717) is 4.77 Å². The van der Waals surface area contributed by atoms with Gasteiger partial charge in [-0.05, 0) is 18.6 Å². The number of aromatic amines is 2. The van der Waals surface area contributed by atoms with E-state index in [4.69, 9.17) is 12.2 Å². The molecule has 0 saturated carbocycles. The minimum absolute atomic E-state index is 0.131. The van der Waals surface area contributed by atoms with Crippen LogP contribution in [-0.2, 0) is 6.54 Å². The van der Waals surface area contributed by atoms with Gasteiger partial charge in [0.2, 0.25) is 0 Å². The lowest BCUT2D eigenvalue weighted by Crippen LogP contribution is -2.16. The second kappa shape index (κ2) is 6.61. The topological polar surface area (TPSA) is 53.6 Å². The zero-order chi connectivity index (χ0) is 11.1. The molecule has 1 heterocycles. The predicted molar refractivity (Wildman–Crippen MR) is 63.6 cm³/mol. The van der Waals surface area contributed by atoms with Gasteiger partial charge < -0.3 is 0 Å². The van der Waals surface area contributed by atoms with Crippen molar-refractivity contribution >= 4 is 12.2 Å². The first-order chi connectivity index (χ1) is 7.25. The summed E-state index contributed by atoms with van der Waals surface area (Å²) in [4.78, 5) is 11.2. The molecule has 0 aliphatic rings. The van der Waals surface area contributed by atoms with Gasteiger partial charge >= 0.3 is 5.69 Å².